The molecule has 2 aromatic carbocycles. The van der Waals surface area contributed by atoms with Crippen molar-refractivity contribution >= 4 is 11.0 Å². The van der Waals surface area contributed by atoms with Crippen LogP contribution in [-0.2, 0) is 7.05 Å². The van der Waals surface area contributed by atoms with Crippen molar-refractivity contribution < 1.29 is 5.11 Å². The van der Waals surface area contributed by atoms with Crippen molar-refractivity contribution in [2.75, 3.05) is 0 Å². The van der Waals surface area contributed by atoms with E-state index in [2.05, 4.69) is 0 Å². The van der Waals surface area contributed by atoms with Gasteiger partial charge in [0, 0.05) is 18.7 Å². The van der Waals surface area contributed by atoms with Crippen molar-refractivity contribution in [3.63, 3.8) is 0 Å². The van der Waals surface area contributed by atoms with E-state index in [1.54, 1.807) is 11.6 Å². The molecule has 0 saturated heterocycles. The highest BCUT2D eigenvalue weighted by atomic mass is 16.3. The molecule has 1 saturated carbocycles. The number of rotatable bonds is 4. The summed E-state index contributed by atoms with van der Waals surface area (Å²) in [5, 5.41) is 11.1. The van der Waals surface area contributed by atoms with Crippen LogP contribution >= 0.6 is 0 Å². The summed E-state index contributed by atoms with van der Waals surface area (Å²) < 4.78 is 3.58. The first-order chi connectivity index (χ1) is 13.0. The number of aryl methyl sites for hydroxylation is 2. The van der Waals surface area contributed by atoms with Gasteiger partial charge < -0.3 is 10.8 Å². The van der Waals surface area contributed by atoms with E-state index in [4.69, 9.17) is 5.73 Å². The zero-order chi connectivity index (χ0) is 19.1. The Balaban J connectivity index is 1.82. The number of aliphatic hydroxyl groups excluding tert-OH is 1. The molecule has 142 valence electrons. The largest absolute Gasteiger partial charge is 0.386 e. The average Bonchev–Trinajstić information content (AvgIpc) is 3.28. The molecule has 3 aromatic rings. The van der Waals surface area contributed by atoms with Gasteiger partial charge in [0.2, 0.25) is 0 Å². The van der Waals surface area contributed by atoms with E-state index in [9.17, 15) is 9.90 Å². The van der Waals surface area contributed by atoms with E-state index in [1.165, 1.54) is 0 Å². The summed E-state index contributed by atoms with van der Waals surface area (Å²) in [5.74, 6) is 0. The molecule has 3 N–H and O–H groups in total. The van der Waals surface area contributed by atoms with Gasteiger partial charge in [0.05, 0.1) is 17.1 Å². The summed E-state index contributed by atoms with van der Waals surface area (Å²) in [6.07, 6.45) is 3.51. The number of fused-ring (bicyclic) bond motifs is 1. The van der Waals surface area contributed by atoms with Gasteiger partial charge >= 0.3 is 5.69 Å². The molecule has 1 aliphatic rings. The molecule has 27 heavy (non-hydrogen) atoms. The summed E-state index contributed by atoms with van der Waals surface area (Å²) in [7, 11) is 1.78. The van der Waals surface area contributed by atoms with E-state index >= 15 is 0 Å². The van der Waals surface area contributed by atoms with E-state index in [-0.39, 0.29) is 11.7 Å². The standard InChI is InChI=1S/C22H27N3O2/c1-14-7-5-8-15(13-14)19(23)21(26)17-11-6-12-18-20(17)24(2)22(27)25(18)16-9-3-4-10-16/h5-8,11-13,16,19,21,26H,3-4,9-10,23H2,1-2H3. The molecule has 0 radical (unpaired) electrons. The number of nitrogens with two attached hydrogens (primary N) is 1. The van der Waals surface area contributed by atoms with Crippen LogP contribution in [0.3, 0.4) is 0 Å². The molecule has 0 bridgehead atoms. The van der Waals surface area contributed by atoms with Gasteiger partial charge in [-0.3, -0.25) is 9.13 Å². The van der Waals surface area contributed by atoms with Crippen LogP contribution in [0.2, 0.25) is 0 Å². The third-order valence-corrected chi connectivity index (χ3v) is 5.91. The number of aliphatic hydroxyl groups is 1. The number of para-hydroxylation sites is 1. The third kappa shape index (κ3) is 3.01. The summed E-state index contributed by atoms with van der Waals surface area (Å²) in [5.41, 5.74) is 10.8. The van der Waals surface area contributed by atoms with Crippen LogP contribution in [0.1, 0.15) is 60.6 Å². The first kappa shape index (κ1) is 18.0. The molecule has 5 nitrogen and oxygen atoms in total. The van der Waals surface area contributed by atoms with E-state index in [0.717, 1.165) is 47.8 Å². The van der Waals surface area contributed by atoms with Crippen molar-refractivity contribution in [2.45, 2.75) is 50.8 Å². The Bertz CT molecular complexity index is 1030. The molecular weight excluding hydrogens is 338 g/mol. The number of hydrogen-bond acceptors (Lipinski definition) is 3. The number of imidazole rings is 1. The second-order valence-electron chi connectivity index (χ2n) is 7.75. The van der Waals surface area contributed by atoms with Gasteiger partial charge in [0.25, 0.3) is 0 Å². The lowest BCUT2D eigenvalue weighted by Gasteiger charge is -2.21. The predicted molar refractivity (Wildman–Crippen MR) is 108 cm³/mol. The van der Waals surface area contributed by atoms with Crippen molar-refractivity contribution in [1.29, 1.82) is 0 Å². The summed E-state index contributed by atoms with van der Waals surface area (Å²) in [6, 6.07) is 13.3. The maximum Gasteiger partial charge on any atom is 0.329 e. The Morgan fingerprint density at radius 2 is 1.85 bits per heavy atom. The molecule has 2 atom stereocenters. The smallest absolute Gasteiger partial charge is 0.329 e. The molecular formula is C22H27N3O2. The number of benzene rings is 2. The minimum Gasteiger partial charge on any atom is -0.386 e. The van der Waals surface area contributed by atoms with Crippen molar-refractivity contribution in [3.8, 4) is 0 Å². The fourth-order valence-corrected chi connectivity index (χ4v) is 4.48. The Kier molecular flexibility index (Phi) is 4.66. The Morgan fingerprint density at radius 3 is 2.56 bits per heavy atom. The van der Waals surface area contributed by atoms with Gasteiger partial charge in [-0.1, -0.05) is 54.8 Å². The molecule has 4 rings (SSSR count). The summed E-state index contributed by atoms with van der Waals surface area (Å²) in [4.78, 5) is 12.9. The van der Waals surface area contributed by atoms with Gasteiger partial charge in [-0.25, -0.2) is 4.79 Å². The van der Waals surface area contributed by atoms with Crippen LogP contribution in [0.25, 0.3) is 11.0 Å². The highest BCUT2D eigenvalue weighted by molar-refractivity contribution is 5.80. The van der Waals surface area contributed by atoms with Gasteiger partial charge in [-0.2, -0.15) is 0 Å². The fourth-order valence-electron chi connectivity index (χ4n) is 4.48. The van der Waals surface area contributed by atoms with Crippen molar-refractivity contribution in [3.05, 3.63) is 69.6 Å². The zero-order valence-electron chi connectivity index (χ0n) is 15.9. The van der Waals surface area contributed by atoms with Crippen molar-refractivity contribution in [1.82, 2.24) is 9.13 Å². The van der Waals surface area contributed by atoms with Gasteiger partial charge in [0.15, 0.2) is 0 Å². The predicted octanol–water partition coefficient (Wildman–Crippen LogP) is 3.50. The Morgan fingerprint density at radius 1 is 1.15 bits per heavy atom. The van der Waals surface area contributed by atoms with Crippen LogP contribution in [0.5, 0.6) is 0 Å². The van der Waals surface area contributed by atoms with Crippen molar-refractivity contribution in [2.24, 2.45) is 12.8 Å². The molecule has 1 heterocycles. The average molecular weight is 365 g/mol. The monoisotopic (exact) mass is 365 g/mol. The zero-order valence-corrected chi connectivity index (χ0v) is 15.9. The van der Waals surface area contributed by atoms with Gasteiger partial charge in [-0.15, -0.1) is 0 Å². The second-order valence-corrected chi connectivity index (χ2v) is 7.75. The van der Waals surface area contributed by atoms with E-state index < -0.39 is 12.1 Å². The third-order valence-electron chi connectivity index (χ3n) is 5.91. The maximum atomic E-state index is 12.9. The number of hydrogen-bond donors (Lipinski definition) is 2. The van der Waals surface area contributed by atoms with Crippen LogP contribution in [-0.4, -0.2) is 14.2 Å². The quantitative estimate of drug-likeness (QED) is 0.743. The summed E-state index contributed by atoms with van der Waals surface area (Å²) in [6.45, 7) is 2.01. The van der Waals surface area contributed by atoms with Crippen LogP contribution in [0.4, 0.5) is 0 Å². The van der Waals surface area contributed by atoms with Gasteiger partial charge in [0.1, 0.15) is 6.10 Å². The molecule has 2 unspecified atom stereocenters. The molecule has 1 aliphatic carbocycles. The first-order valence-electron chi connectivity index (χ1n) is 9.69. The Hall–Kier alpha value is -2.37. The lowest BCUT2D eigenvalue weighted by atomic mass is 9.94. The number of nitrogens with zero attached hydrogens (tertiary/aromatic N) is 2. The summed E-state index contributed by atoms with van der Waals surface area (Å²) >= 11 is 0. The first-order valence-corrected chi connectivity index (χ1v) is 9.69. The Labute approximate surface area is 159 Å². The van der Waals surface area contributed by atoms with Crippen LogP contribution in [0, 0.1) is 6.92 Å². The molecule has 1 fully saturated rings. The molecule has 0 spiro atoms. The number of aromatic nitrogens is 2. The molecule has 0 amide bonds. The van der Waals surface area contributed by atoms with Crippen LogP contribution < -0.4 is 11.4 Å². The maximum absolute atomic E-state index is 12.9. The SMILES string of the molecule is Cc1cccc(C(N)C(O)c2cccc3c2n(C)c(=O)n3C2CCCC2)c1. The van der Waals surface area contributed by atoms with E-state index in [0.29, 0.717) is 5.56 Å². The normalized spacial score (nSPS) is 17.5. The molecule has 5 heteroatoms. The lowest BCUT2D eigenvalue weighted by Crippen LogP contribution is -2.25. The minimum atomic E-state index is -0.888. The highest BCUT2D eigenvalue weighted by Crippen LogP contribution is 2.35. The fraction of sp³-hybridized carbons (Fsp3) is 0.409. The molecule has 0 aliphatic heterocycles. The minimum absolute atomic E-state index is 0.0133. The van der Waals surface area contributed by atoms with Crippen LogP contribution in [0.15, 0.2) is 47.3 Å². The lowest BCUT2D eigenvalue weighted by molar-refractivity contribution is 0.148. The highest BCUT2D eigenvalue weighted by Gasteiger charge is 2.27. The second kappa shape index (κ2) is 6.98. The van der Waals surface area contributed by atoms with E-state index in [1.807, 2.05) is 54.0 Å². The van der Waals surface area contributed by atoms with Gasteiger partial charge in [-0.05, 0) is 31.4 Å². The topological polar surface area (TPSA) is 73.2 Å². The molecule has 1 aromatic heterocycles.